The Kier molecular flexibility index (Phi) is 9.97. The molecule has 1 saturated heterocycles. The van der Waals surface area contributed by atoms with Crippen molar-refractivity contribution < 1.29 is 0 Å². The van der Waals surface area contributed by atoms with Crippen LogP contribution in [0.1, 0.15) is 46.5 Å². The molecule has 1 N–H and O–H groups in total. The zero-order chi connectivity index (χ0) is 11.8. The van der Waals surface area contributed by atoms with Gasteiger partial charge in [0, 0.05) is 26.2 Å². The molecule has 0 radical (unpaired) electrons. The first-order valence-electron chi connectivity index (χ1n) is 6.77. The number of nitrogens with one attached hydrogen (secondary N) is 1. The van der Waals surface area contributed by atoms with E-state index in [0.29, 0.717) is 0 Å². The van der Waals surface area contributed by atoms with Gasteiger partial charge in [-0.1, -0.05) is 13.8 Å². The van der Waals surface area contributed by atoms with Gasteiger partial charge < -0.3 is 10.2 Å². The molecule has 0 unspecified atom stereocenters. The van der Waals surface area contributed by atoms with E-state index in [9.17, 15) is 0 Å². The molecule has 4 heteroatoms. The van der Waals surface area contributed by atoms with Crippen molar-refractivity contribution >= 4 is 29.9 Å². The lowest BCUT2D eigenvalue weighted by Crippen LogP contribution is -2.39. The van der Waals surface area contributed by atoms with Gasteiger partial charge in [-0.2, -0.15) is 0 Å². The Morgan fingerprint density at radius 3 is 2.47 bits per heavy atom. The molecule has 0 spiro atoms. The molecule has 0 bridgehead atoms. The van der Waals surface area contributed by atoms with Crippen LogP contribution < -0.4 is 5.32 Å². The fraction of sp³-hybridized carbons (Fsp3) is 0.923. The first-order chi connectivity index (χ1) is 7.74. The van der Waals surface area contributed by atoms with Crippen LogP contribution >= 0.6 is 24.0 Å². The summed E-state index contributed by atoms with van der Waals surface area (Å²) in [6.45, 7) is 11.0. The molecule has 1 heterocycles. The van der Waals surface area contributed by atoms with Crippen LogP contribution in [0.25, 0.3) is 0 Å². The third-order valence-corrected chi connectivity index (χ3v) is 2.94. The van der Waals surface area contributed by atoms with Crippen molar-refractivity contribution in [1.82, 2.24) is 10.2 Å². The van der Waals surface area contributed by atoms with Crippen LogP contribution in [0.5, 0.6) is 0 Å². The number of halogens is 1. The Labute approximate surface area is 123 Å². The maximum absolute atomic E-state index is 4.70. The van der Waals surface area contributed by atoms with Crippen LogP contribution in [0.3, 0.4) is 0 Å². The van der Waals surface area contributed by atoms with Gasteiger partial charge in [0.05, 0.1) is 0 Å². The SMILES string of the molecule is CCNC(=NCCCC(C)C)N1CCCC1.I. The monoisotopic (exact) mass is 353 g/mol. The molecule has 17 heavy (non-hydrogen) atoms. The number of nitrogens with zero attached hydrogens (tertiary/aromatic N) is 2. The van der Waals surface area contributed by atoms with Gasteiger partial charge >= 0.3 is 0 Å². The van der Waals surface area contributed by atoms with E-state index in [2.05, 4.69) is 31.0 Å². The number of aliphatic imine (C=N–C) groups is 1. The topological polar surface area (TPSA) is 27.6 Å². The average molecular weight is 353 g/mol. The van der Waals surface area contributed by atoms with Crippen LogP contribution in [0.4, 0.5) is 0 Å². The molecule has 0 amide bonds. The highest BCUT2D eigenvalue weighted by Crippen LogP contribution is 2.08. The van der Waals surface area contributed by atoms with Crippen molar-refractivity contribution in [1.29, 1.82) is 0 Å². The first-order valence-corrected chi connectivity index (χ1v) is 6.77. The minimum Gasteiger partial charge on any atom is -0.357 e. The van der Waals surface area contributed by atoms with Gasteiger partial charge in [-0.15, -0.1) is 24.0 Å². The van der Waals surface area contributed by atoms with Gasteiger partial charge in [-0.3, -0.25) is 4.99 Å². The smallest absolute Gasteiger partial charge is 0.193 e. The fourth-order valence-corrected chi connectivity index (χ4v) is 2.04. The number of guanidine groups is 1. The van der Waals surface area contributed by atoms with Gasteiger partial charge in [-0.05, 0) is 38.5 Å². The maximum atomic E-state index is 4.70. The van der Waals surface area contributed by atoms with Crippen LogP contribution in [-0.2, 0) is 0 Å². The number of hydrogen-bond donors (Lipinski definition) is 1. The summed E-state index contributed by atoms with van der Waals surface area (Å²) in [5, 5.41) is 3.39. The predicted octanol–water partition coefficient (Wildman–Crippen LogP) is 3.10. The maximum Gasteiger partial charge on any atom is 0.193 e. The molecule has 0 aromatic rings. The fourth-order valence-electron chi connectivity index (χ4n) is 2.04. The summed E-state index contributed by atoms with van der Waals surface area (Å²) in [5.74, 6) is 1.92. The van der Waals surface area contributed by atoms with E-state index in [1.807, 2.05) is 0 Å². The lowest BCUT2D eigenvalue weighted by molar-refractivity contribution is 0.490. The molecule has 0 atom stereocenters. The molecule has 1 fully saturated rings. The normalized spacial score (nSPS) is 16.2. The van der Waals surface area contributed by atoms with Crippen LogP contribution in [0.15, 0.2) is 4.99 Å². The van der Waals surface area contributed by atoms with E-state index in [0.717, 1.165) is 25.0 Å². The quantitative estimate of drug-likeness (QED) is 0.356. The first kappa shape index (κ1) is 17.0. The summed E-state index contributed by atoms with van der Waals surface area (Å²) in [6.07, 6.45) is 5.12. The highest BCUT2D eigenvalue weighted by Gasteiger charge is 2.14. The summed E-state index contributed by atoms with van der Waals surface area (Å²) in [4.78, 5) is 7.09. The van der Waals surface area contributed by atoms with Crippen molar-refractivity contribution in [3.8, 4) is 0 Å². The van der Waals surface area contributed by atoms with Crippen molar-refractivity contribution in [2.24, 2.45) is 10.9 Å². The van der Waals surface area contributed by atoms with Gasteiger partial charge in [-0.25, -0.2) is 0 Å². The second-order valence-corrected chi connectivity index (χ2v) is 4.97. The molecule has 102 valence electrons. The van der Waals surface area contributed by atoms with Crippen LogP contribution in [0.2, 0.25) is 0 Å². The zero-order valence-electron chi connectivity index (χ0n) is 11.5. The summed E-state index contributed by atoms with van der Waals surface area (Å²) in [6, 6.07) is 0. The Balaban J connectivity index is 0.00000256. The van der Waals surface area contributed by atoms with Crippen molar-refractivity contribution in [3.63, 3.8) is 0 Å². The molecular weight excluding hydrogens is 325 g/mol. The van der Waals surface area contributed by atoms with Gasteiger partial charge in [0.15, 0.2) is 5.96 Å². The highest BCUT2D eigenvalue weighted by atomic mass is 127. The van der Waals surface area contributed by atoms with E-state index >= 15 is 0 Å². The van der Waals surface area contributed by atoms with E-state index in [1.165, 1.54) is 38.8 Å². The standard InChI is InChI=1S/C13H27N3.HI/c1-4-14-13(16-10-5-6-11-16)15-9-7-8-12(2)3;/h12H,4-11H2,1-3H3,(H,14,15);1H. The Morgan fingerprint density at radius 2 is 1.94 bits per heavy atom. The van der Waals surface area contributed by atoms with E-state index < -0.39 is 0 Å². The summed E-state index contributed by atoms with van der Waals surface area (Å²) < 4.78 is 0. The second kappa shape index (κ2) is 9.97. The number of likely N-dealkylation sites (tertiary alicyclic amines) is 1. The molecule has 0 saturated carbocycles. The van der Waals surface area contributed by atoms with E-state index in [4.69, 9.17) is 4.99 Å². The van der Waals surface area contributed by atoms with Gasteiger partial charge in [0.1, 0.15) is 0 Å². The Bertz CT molecular complexity index is 211. The molecular formula is C13H28IN3. The zero-order valence-corrected chi connectivity index (χ0v) is 13.9. The summed E-state index contributed by atoms with van der Waals surface area (Å²) in [7, 11) is 0. The van der Waals surface area contributed by atoms with Crippen LogP contribution in [0, 0.1) is 5.92 Å². The van der Waals surface area contributed by atoms with Crippen molar-refractivity contribution in [2.75, 3.05) is 26.2 Å². The number of rotatable bonds is 5. The lowest BCUT2D eigenvalue weighted by atomic mass is 10.1. The third kappa shape index (κ3) is 7.11. The van der Waals surface area contributed by atoms with E-state index in [1.54, 1.807) is 0 Å². The van der Waals surface area contributed by atoms with Crippen molar-refractivity contribution in [2.45, 2.75) is 46.5 Å². The Morgan fingerprint density at radius 1 is 1.29 bits per heavy atom. The highest BCUT2D eigenvalue weighted by molar-refractivity contribution is 14.0. The largest absolute Gasteiger partial charge is 0.357 e. The average Bonchev–Trinajstić information content (AvgIpc) is 2.75. The molecule has 1 aliphatic rings. The lowest BCUT2D eigenvalue weighted by Gasteiger charge is -2.20. The van der Waals surface area contributed by atoms with Gasteiger partial charge in [0.25, 0.3) is 0 Å². The van der Waals surface area contributed by atoms with Gasteiger partial charge in [0.2, 0.25) is 0 Å². The number of hydrogen-bond acceptors (Lipinski definition) is 1. The van der Waals surface area contributed by atoms with Crippen molar-refractivity contribution in [3.05, 3.63) is 0 Å². The van der Waals surface area contributed by atoms with E-state index in [-0.39, 0.29) is 24.0 Å². The molecule has 3 nitrogen and oxygen atoms in total. The molecule has 0 aliphatic carbocycles. The summed E-state index contributed by atoms with van der Waals surface area (Å²) >= 11 is 0. The van der Waals surface area contributed by atoms with Crippen LogP contribution in [-0.4, -0.2) is 37.0 Å². The summed E-state index contributed by atoms with van der Waals surface area (Å²) in [5.41, 5.74) is 0. The molecule has 1 rings (SSSR count). The predicted molar refractivity (Wildman–Crippen MR) is 86.3 cm³/mol. The second-order valence-electron chi connectivity index (χ2n) is 4.97. The Hall–Kier alpha value is 0. The molecule has 0 aromatic carbocycles. The molecule has 0 aromatic heterocycles. The third-order valence-electron chi connectivity index (χ3n) is 2.94. The minimum absolute atomic E-state index is 0. The minimum atomic E-state index is 0. The molecule has 1 aliphatic heterocycles.